The van der Waals surface area contributed by atoms with Gasteiger partial charge < -0.3 is 4.42 Å². The summed E-state index contributed by atoms with van der Waals surface area (Å²) >= 11 is 0. The molecule has 2 aliphatic rings. The molecule has 0 fully saturated rings. The molecule has 0 amide bonds. The standard InChI is InChI=1S/C59H34N4O/c60-35-36-21-31-53-47(33-36)48-34-42(30-32-54(48)64-53)58-62-56(40-11-2-1-3-12-40)61-57(63-58)41-28-24-38(25-29-41)37-22-26-39(27-23-37)43-16-10-20-52-55(43)46-15-6-9-19-51(46)59(52)49-17-7-4-13-44(49)45-14-5-8-18-50(45)59/h1-34H. The van der Waals surface area contributed by atoms with Gasteiger partial charge in [0, 0.05) is 27.5 Å². The van der Waals surface area contributed by atoms with Crippen LogP contribution < -0.4 is 0 Å². The zero-order valence-electron chi connectivity index (χ0n) is 34.3. The van der Waals surface area contributed by atoms with E-state index in [1.165, 1.54) is 55.6 Å². The summed E-state index contributed by atoms with van der Waals surface area (Å²) in [6, 6.07) is 74.8. The molecule has 296 valence electrons. The number of fused-ring (bicyclic) bond motifs is 13. The minimum absolute atomic E-state index is 0.372. The zero-order chi connectivity index (χ0) is 42.4. The van der Waals surface area contributed by atoms with Crippen LogP contribution in [0.15, 0.2) is 211 Å². The highest BCUT2D eigenvalue weighted by Crippen LogP contribution is 2.63. The highest BCUT2D eigenvalue weighted by Gasteiger charge is 2.51. The molecule has 0 atom stereocenters. The van der Waals surface area contributed by atoms with E-state index in [2.05, 4.69) is 146 Å². The maximum absolute atomic E-state index is 9.58. The SMILES string of the molecule is N#Cc1ccc2oc3ccc(-c4nc(-c5ccccc5)nc(-c5ccc(-c6ccc(-c7cccc8c7-c7ccccc7C87c8ccccc8-c8ccccc87)cc6)cc5)n4)cc3c2c1. The first-order valence-electron chi connectivity index (χ1n) is 21.5. The molecule has 13 rings (SSSR count). The molecule has 0 bridgehead atoms. The Morgan fingerprint density at radius 3 is 1.45 bits per heavy atom. The van der Waals surface area contributed by atoms with Crippen molar-refractivity contribution in [3.8, 4) is 84.7 Å². The van der Waals surface area contributed by atoms with Gasteiger partial charge in [-0.25, -0.2) is 15.0 Å². The van der Waals surface area contributed by atoms with Crippen LogP contribution in [0.3, 0.4) is 0 Å². The minimum atomic E-state index is -0.372. The molecule has 2 aliphatic carbocycles. The van der Waals surface area contributed by atoms with Gasteiger partial charge in [-0.1, -0.05) is 170 Å². The maximum Gasteiger partial charge on any atom is 0.164 e. The fourth-order valence-corrected chi connectivity index (χ4v) is 10.4. The van der Waals surface area contributed by atoms with Gasteiger partial charge in [0.1, 0.15) is 11.2 Å². The topological polar surface area (TPSA) is 75.6 Å². The summed E-state index contributed by atoms with van der Waals surface area (Å²) in [5.41, 5.74) is 19.5. The van der Waals surface area contributed by atoms with Crippen molar-refractivity contribution in [2.75, 3.05) is 0 Å². The van der Waals surface area contributed by atoms with Gasteiger partial charge >= 0.3 is 0 Å². The lowest BCUT2D eigenvalue weighted by molar-refractivity contribution is 0.669. The molecule has 0 radical (unpaired) electrons. The van der Waals surface area contributed by atoms with E-state index in [-0.39, 0.29) is 5.41 Å². The molecule has 2 heterocycles. The molecule has 0 saturated carbocycles. The van der Waals surface area contributed by atoms with Crippen molar-refractivity contribution in [2.45, 2.75) is 5.41 Å². The third kappa shape index (κ3) is 5.27. The number of nitriles is 1. The second kappa shape index (κ2) is 13.9. The molecule has 5 nitrogen and oxygen atoms in total. The van der Waals surface area contributed by atoms with Crippen LogP contribution >= 0.6 is 0 Å². The van der Waals surface area contributed by atoms with Crippen molar-refractivity contribution in [1.82, 2.24) is 15.0 Å². The van der Waals surface area contributed by atoms with Crippen LogP contribution in [0.5, 0.6) is 0 Å². The molecule has 9 aromatic carbocycles. The van der Waals surface area contributed by atoms with Crippen LogP contribution in [0.25, 0.3) is 101 Å². The van der Waals surface area contributed by atoms with Crippen LogP contribution in [0, 0.1) is 11.3 Å². The average molecular weight is 815 g/mol. The minimum Gasteiger partial charge on any atom is -0.456 e. The molecule has 0 saturated heterocycles. The average Bonchev–Trinajstić information content (AvgIpc) is 4.00. The fourth-order valence-electron chi connectivity index (χ4n) is 10.4. The normalized spacial score (nSPS) is 12.8. The van der Waals surface area contributed by atoms with E-state index in [9.17, 15) is 5.26 Å². The zero-order valence-corrected chi connectivity index (χ0v) is 34.3. The Morgan fingerprint density at radius 1 is 0.359 bits per heavy atom. The third-order valence-electron chi connectivity index (χ3n) is 13.2. The van der Waals surface area contributed by atoms with Gasteiger partial charge in [-0.05, 0) is 103 Å². The number of hydrogen-bond donors (Lipinski definition) is 0. The summed E-state index contributed by atoms with van der Waals surface area (Å²) in [5, 5.41) is 11.4. The van der Waals surface area contributed by atoms with Crippen molar-refractivity contribution < 1.29 is 4.42 Å². The van der Waals surface area contributed by atoms with Crippen LogP contribution in [-0.4, -0.2) is 15.0 Å². The van der Waals surface area contributed by atoms with Crippen molar-refractivity contribution in [1.29, 1.82) is 5.26 Å². The molecule has 0 unspecified atom stereocenters. The molecule has 0 aliphatic heterocycles. The molecule has 64 heavy (non-hydrogen) atoms. The summed E-state index contributed by atoms with van der Waals surface area (Å²) in [5.74, 6) is 1.73. The monoisotopic (exact) mass is 814 g/mol. The lowest BCUT2D eigenvalue weighted by atomic mass is 9.70. The van der Waals surface area contributed by atoms with Gasteiger partial charge in [0.15, 0.2) is 17.5 Å². The predicted octanol–water partition coefficient (Wildman–Crippen LogP) is 14.3. The van der Waals surface area contributed by atoms with E-state index in [1.54, 1.807) is 6.07 Å². The Kier molecular flexibility index (Phi) is 7.82. The second-order valence-corrected chi connectivity index (χ2v) is 16.6. The first kappa shape index (κ1) is 36.0. The number of hydrogen-bond acceptors (Lipinski definition) is 5. The summed E-state index contributed by atoms with van der Waals surface area (Å²) in [6.07, 6.45) is 0. The summed E-state index contributed by atoms with van der Waals surface area (Å²) in [4.78, 5) is 15.0. The second-order valence-electron chi connectivity index (χ2n) is 16.6. The summed E-state index contributed by atoms with van der Waals surface area (Å²) in [7, 11) is 0. The van der Waals surface area contributed by atoms with Crippen molar-refractivity contribution >= 4 is 21.9 Å². The van der Waals surface area contributed by atoms with E-state index >= 15 is 0 Å². The molecule has 11 aromatic rings. The number of benzene rings is 9. The van der Waals surface area contributed by atoms with E-state index in [1.807, 2.05) is 60.7 Å². The van der Waals surface area contributed by atoms with Gasteiger partial charge in [0.2, 0.25) is 0 Å². The molecule has 0 N–H and O–H groups in total. The predicted molar refractivity (Wildman–Crippen MR) is 255 cm³/mol. The van der Waals surface area contributed by atoms with Crippen LogP contribution in [0.1, 0.15) is 27.8 Å². The fraction of sp³-hybridized carbons (Fsp3) is 0.0169. The van der Waals surface area contributed by atoms with Crippen molar-refractivity contribution in [3.05, 3.63) is 234 Å². The van der Waals surface area contributed by atoms with E-state index in [4.69, 9.17) is 19.4 Å². The highest BCUT2D eigenvalue weighted by molar-refractivity contribution is 6.06. The van der Waals surface area contributed by atoms with Gasteiger partial charge in [-0.3, -0.25) is 0 Å². The maximum atomic E-state index is 9.58. The van der Waals surface area contributed by atoms with Crippen molar-refractivity contribution in [2.24, 2.45) is 0 Å². The molecule has 1 spiro atoms. The molecular formula is C59H34N4O. The van der Waals surface area contributed by atoms with Crippen LogP contribution in [0.2, 0.25) is 0 Å². The van der Waals surface area contributed by atoms with Gasteiger partial charge in [0.05, 0.1) is 17.0 Å². The Balaban J connectivity index is 0.865. The third-order valence-corrected chi connectivity index (χ3v) is 13.2. The smallest absolute Gasteiger partial charge is 0.164 e. The lowest BCUT2D eigenvalue weighted by Gasteiger charge is -2.30. The Bertz CT molecular complexity index is 3680. The van der Waals surface area contributed by atoms with E-state index in [0.717, 1.165) is 49.8 Å². The van der Waals surface area contributed by atoms with Gasteiger partial charge in [0.25, 0.3) is 0 Å². The molecule has 5 heteroatoms. The molecule has 2 aromatic heterocycles. The van der Waals surface area contributed by atoms with E-state index < -0.39 is 0 Å². The first-order valence-corrected chi connectivity index (χ1v) is 21.5. The Hall–Kier alpha value is -8.72. The summed E-state index contributed by atoms with van der Waals surface area (Å²) in [6.45, 7) is 0. The quantitative estimate of drug-likeness (QED) is 0.173. The number of nitrogens with zero attached hydrogens (tertiary/aromatic N) is 4. The number of aromatic nitrogens is 3. The van der Waals surface area contributed by atoms with Crippen molar-refractivity contribution in [3.63, 3.8) is 0 Å². The van der Waals surface area contributed by atoms with E-state index in [0.29, 0.717) is 23.0 Å². The number of rotatable bonds is 5. The Morgan fingerprint density at radius 2 is 0.812 bits per heavy atom. The lowest BCUT2D eigenvalue weighted by Crippen LogP contribution is -2.25. The van der Waals surface area contributed by atoms with Crippen LogP contribution in [0.4, 0.5) is 0 Å². The summed E-state index contributed by atoms with van der Waals surface area (Å²) < 4.78 is 6.11. The number of furan rings is 1. The largest absolute Gasteiger partial charge is 0.456 e. The van der Waals surface area contributed by atoms with Gasteiger partial charge in [-0.15, -0.1) is 0 Å². The first-order chi connectivity index (χ1) is 31.7. The highest BCUT2D eigenvalue weighted by atomic mass is 16.3. The van der Waals surface area contributed by atoms with Crippen LogP contribution in [-0.2, 0) is 5.41 Å². The Labute approximate surface area is 369 Å². The molecular weight excluding hydrogens is 781 g/mol. The van der Waals surface area contributed by atoms with Gasteiger partial charge in [-0.2, -0.15) is 5.26 Å².